The second-order valence-corrected chi connectivity index (χ2v) is 5.83. The number of aliphatic hydroxyl groups excluding tert-OH is 1. The number of amides is 1. The second-order valence-electron chi connectivity index (χ2n) is 5.03. The number of aryl methyl sites for hydroxylation is 1. The Morgan fingerprint density at radius 1 is 1.40 bits per heavy atom. The van der Waals surface area contributed by atoms with E-state index in [1.165, 1.54) is 11.8 Å². The summed E-state index contributed by atoms with van der Waals surface area (Å²) < 4.78 is 0. The molecule has 0 unspecified atom stereocenters. The van der Waals surface area contributed by atoms with Crippen LogP contribution in [0.25, 0.3) is 0 Å². The third kappa shape index (κ3) is 3.40. The highest BCUT2D eigenvalue weighted by Crippen LogP contribution is 2.21. The van der Waals surface area contributed by atoms with E-state index in [9.17, 15) is 14.7 Å². The number of aliphatic hydroxyl groups is 1. The molecule has 0 radical (unpaired) electrons. The summed E-state index contributed by atoms with van der Waals surface area (Å²) in [4.78, 5) is 30.1. The number of aromatic amines is 1. The van der Waals surface area contributed by atoms with Crippen LogP contribution in [0.15, 0.2) is 9.82 Å². The first-order valence-electron chi connectivity index (χ1n) is 6.65. The Kier molecular flexibility index (Phi) is 4.82. The maximum Gasteiger partial charge on any atom is 0.346 e. The molecule has 6 nitrogen and oxygen atoms in total. The average molecular weight is 297 g/mol. The largest absolute Gasteiger partial charge is 0.393 e. The fourth-order valence-electron chi connectivity index (χ4n) is 2.45. The molecule has 2 rings (SSSR count). The third-order valence-electron chi connectivity index (χ3n) is 3.54. The lowest BCUT2D eigenvalue weighted by atomic mass is 9.93. The predicted molar refractivity (Wildman–Crippen MR) is 77.1 cm³/mol. The number of aromatic nitrogens is 2. The van der Waals surface area contributed by atoms with Gasteiger partial charge in [-0.25, -0.2) is 4.79 Å². The highest BCUT2D eigenvalue weighted by molar-refractivity contribution is 7.98. The van der Waals surface area contributed by atoms with E-state index in [1.807, 2.05) is 0 Å². The summed E-state index contributed by atoms with van der Waals surface area (Å²) in [6.07, 6.45) is 4.51. The Bertz CT molecular complexity index is 550. The van der Waals surface area contributed by atoms with Crippen molar-refractivity contribution < 1.29 is 9.90 Å². The van der Waals surface area contributed by atoms with Crippen molar-refractivity contribution in [2.75, 3.05) is 6.26 Å². The van der Waals surface area contributed by atoms with Gasteiger partial charge >= 0.3 is 5.69 Å². The van der Waals surface area contributed by atoms with Crippen molar-refractivity contribution in [3.8, 4) is 0 Å². The predicted octanol–water partition coefficient (Wildman–Crippen LogP) is 0.834. The van der Waals surface area contributed by atoms with Crippen LogP contribution in [0, 0.1) is 6.92 Å². The van der Waals surface area contributed by atoms with Crippen LogP contribution < -0.4 is 11.0 Å². The minimum atomic E-state index is -0.441. The van der Waals surface area contributed by atoms with Gasteiger partial charge in [-0.3, -0.25) is 4.79 Å². The van der Waals surface area contributed by atoms with Crippen molar-refractivity contribution in [1.82, 2.24) is 15.3 Å². The van der Waals surface area contributed by atoms with E-state index < -0.39 is 5.69 Å². The molecule has 0 bridgehead atoms. The first-order valence-corrected chi connectivity index (χ1v) is 7.87. The van der Waals surface area contributed by atoms with Crippen molar-refractivity contribution in [2.45, 2.75) is 49.8 Å². The van der Waals surface area contributed by atoms with Gasteiger partial charge in [-0.1, -0.05) is 0 Å². The highest BCUT2D eigenvalue weighted by Gasteiger charge is 2.23. The van der Waals surface area contributed by atoms with Gasteiger partial charge in [0.15, 0.2) is 0 Å². The third-order valence-corrected chi connectivity index (χ3v) is 4.22. The molecule has 0 spiro atoms. The van der Waals surface area contributed by atoms with Crippen LogP contribution in [-0.4, -0.2) is 39.4 Å². The smallest absolute Gasteiger partial charge is 0.346 e. The molecule has 1 saturated carbocycles. The van der Waals surface area contributed by atoms with Gasteiger partial charge in [0.1, 0.15) is 5.03 Å². The van der Waals surface area contributed by atoms with Gasteiger partial charge in [0.05, 0.1) is 11.7 Å². The van der Waals surface area contributed by atoms with Crippen molar-refractivity contribution in [3.63, 3.8) is 0 Å². The molecular formula is C13H19N3O3S. The minimum absolute atomic E-state index is 0.0759. The monoisotopic (exact) mass is 297 g/mol. The number of hydrogen-bond donors (Lipinski definition) is 3. The number of rotatable bonds is 3. The molecule has 1 fully saturated rings. The number of carbonyl (C=O) groups is 1. The van der Waals surface area contributed by atoms with Gasteiger partial charge in [-0.05, 0) is 38.9 Å². The summed E-state index contributed by atoms with van der Waals surface area (Å²) in [6.45, 7) is 1.70. The zero-order valence-corrected chi connectivity index (χ0v) is 12.4. The molecule has 1 aromatic heterocycles. The molecule has 1 heterocycles. The van der Waals surface area contributed by atoms with Crippen molar-refractivity contribution in [1.29, 1.82) is 0 Å². The lowest BCUT2D eigenvalue weighted by molar-refractivity contribution is 0.0863. The fourth-order valence-corrected chi connectivity index (χ4v) is 3.08. The standard InChI is InChI=1S/C13H19N3O3S/c1-7-10(12(20-2)16-13(19)14-7)11(18)15-8-3-5-9(17)6-4-8/h8-9,17H,3-6H2,1-2H3,(H,15,18)(H,14,16,19). The average Bonchev–Trinajstić information content (AvgIpc) is 2.40. The van der Waals surface area contributed by atoms with E-state index in [1.54, 1.807) is 13.2 Å². The Hall–Kier alpha value is -1.34. The van der Waals surface area contributed by atoms with Crippen molar-refractivity contribution in [3.05, 3.63) is 21.7 Å². The molecule has 20 heavy (non-hydrogen) atoms. The van der Waals surface area contributed by atoms with E-state index in [0.717, 1.165) is 12.8 Å². The van der Waals surface area contributed by atoms with E-state index in [4.69, 9.17) is 0 Å². The topological polar surface area (TPSA) is 95.1 Å². The van der Waals surface area contributed by atoms with Crippen LogP contribution in [0.2, 0.25) is 0 Å². The number of carbonyl (C=O) groups excluding carboxylic acids is 1. The molecule has 1 aliphatic rings. The Labute approximate surface area is 121 Å². The first kappa shape index (κ1) is 15.1. The number of thioether (sulfide) groups is 1. The zero-order valence-electron chi connectivity index (χ0n) is 11.6. The summed E-state index contributed by atoms with van der Waals surface area (Å²) in [7, 11) is 0. The fraction of sp³-hybridized carbons (Fsp3) is 0.615. The van der Waals surface area contributed by atoms with Gasteiger partial charge in [0.2, 0.25) is 0 Å². The van der Waals surface area contributed by atoms with E-state index in [-0.39, 0.29) is 18.1 Å². The zero-order chi connectivity index (χ0) is 14.7. The number of hydrogen-bond acceptors (Lipinski definition) is 5. The van der Waals surface area contributed by atoms with Crippen LogP contribution in [0.4, 0.5) is 0 Å². The minimum Gasteiger partial charge on any atom is -0.393 e. The molecule has 7 heteroatoms. The molecule has 3 N–H and O–H groups in total. The van der Waals surface area contributed by atoms with Crippen LogP contribution in [0.5, 0.6) is 0 Å². The molecule has 1 aliphatic carbocycles. The summed E-state index contributed by atoms with van der Waals surface area (Å²) in [5, 5.41) is 12.9. The number of nitrogens with zero attached hydrogens (tertiary/aromatic N) is 1. The Morgan fingerprint density at radius 3 is 2.65 bits per heavy atom. The molecule has 0 aliphatic heterocycles. The lowest BCUT2D eigenvalue weighted by Crippen LogP contribution is -2.39. The Balaban J connectivity index is 2.15. The summed E-state index contributed by atoms with van der Waals surface area (Å²) >= 11 is 1.28. The van der Waals surface area contributed by atoms with Crippen molar-refractivity contribution in [2.24, 2.45) is 0 Å². The quantitative estimate of drug-likeness (QED) is 0.567. The SMILES string of the molecule is CSc1nc(=O)[nH]c(C)c1C(=O)NC1CCC(O)CC1. The van der Waals surface area contributed by atoms with Gasteiger partial charge in [-0.15, -0.1) is 11.8 Å². The van der Waals surface area contributed by atoms with E-state index in [0.29, 0.717) is 29.1 Å². The summed E-state index contributed by atoms with van der Waals surface area (Å²) in [5.74, 6) is -0.211. The summed E-state index contributed by atoms with van der Waals surface area (Å²) in [5.41, 5.74) is 0.523. The molecular weight excluding hydrogens is 278 g/mol. The van der Waals surface area contributed by atoms with Crippen LogP contribution in [0.3, 0.4) is 0 Å². The second kappa shape index (κ2) is 6.41. The maximum atomic E-state index is 12.4. The van der Waals surface area contributed by atoms with Gasteiger partial charge in [-0.2, -0.15) is 4.98 Å². The molecule has 1 aromatic rings. The normalized spacial score (nSPS) is 22.6. The van der Waals surface area contributed by atoms with Crippen molar-refractivity contribution >= 4 is 17.7 Å². The van der Waals surface area contributed by atoms with Gasteiger partial charge in [0.25, 0.3) is 5.91 Å². The van der Waals surface area contributed by atoms with Crippen LogP contribution in [0.1, 0.15) is 41.7 Å². The van der Waals surface area contributed by atoms with Crippen LogP contribution >= 0.6 is 11.8 Å². The maximum absolute atomic E-state index is 12.4. The molecule has 0 aromatic carbocycles. The molecule has 0 saturated heterocycles. The van der Waals surface area contributed by atoms with Gasteiger partial charge < -0.3 is 15.4 Å². The van der Waals surface area contributed by atoms with E-state index in [2.05, 4.69) is 15.3 Å². The van der Waals surface area contributed by atoms with Gasteiger partial charge in [0, 0.05) is 11.7 Å². The summed E-state index contributed by atoms with van der Waals surface area (Å²) in [6, 6.07) is 0.0759. The highest BCUT2D eigenvalue weighted by atomic mass is 32.2. The molecule has 110 valence electrons. The van der Waals surface area contributed by atoms with E-state index >= 15 is 0 Å². The molecule has 0 atom stereocenters. The molecule has 1 amide bonds. The lowest BCUT2D eigenvalue weighted by Gasteiger charge is -2.26. The Morgan fingerprint density at radius 2 is 2.05 bits per heavy atom. The van der Waals surface area contributed by atoms with Crippen LogP contribution in [-0.2, 0) is 0 Å². The number of nitrogens with one attached hydrogen (secondary N) is 2. The number of H-pyrrole nitrogens is 1. The first-order chi connectivity index (χ1) is 9.51.